The summed E-state index contributed by atoms with van der Waals surface area (Å²) in [4.78, 5) is 13.6. The molecule has 122 valence electrons. The number of nitrogens with one attached hydrogen (secondary N) is 1. The largest absolute Gasteiger partial charge is 0.497 e. The van der Waals surface area contributed by atoms with Gasteiger partial charge in [-0.2, -0.15) is 0 Å². The Bertz CT molecular complexity index is 613. The van der Waals surface area contributed by atoms with Crippen molar-refractivity contribution in [2.24, 2.45) is 0 Å². The molecular weight excluding hydrogens is 306 g/mol. The maximum absolute atomic E-state index is 12.5. The van der Waals surface area contributed by atoms with Crippen molar-refractivity contribution in [2.45, 2.75) is 36.5 Å². The lowest BCUT2D eigenvalue weighted by molar-refractivity contribution is -0.121. The molecule has 4 heteroatoms. The summed E-state index contributed by atoms with van der Waals surface area (Å²) in [5.74, 6) is 0.879. The van der Waals surface area contributed by atoms with Gasteiger partial charge in [-0.15, -0.1) is 11.8 Å². The SMILES string of the molecule is CC[C@@H](NC(=O)[C@@H](C)Sc1ccccc1)c1ccc(OC)cc1. The van der Waals surface area contributed by atoms with Crippen LogP contribution < -0.4 is 10.1 Å². The van der Waals surface area contributed by atoms with Crippen molar-refractivity contribution in [3.63, 3.8) is 0 Å². The summed E-state index contributed by atoms with van der Waals surface area (Å²) >= 11 is 1.57. The van der Waals surface area contributed by atoms with Crippen LogP contribution in [-0.4, -0.2) is 18.3 Å². The van der Waals surface area contributed by atoms with Gasteiger partial charge in [0.05, 0.1) is 18.4 Å². The summed E-state index contributed by atoms with van der Waals surface area (Å²) in [6, 6.07) is 17.9. The van der Waals surface area contributed by atoms with E-state index in [1.54, 1.807) is 18.9 Å². The van der Waals surface area contributed by atoms with Crippen molar-refractivity contribution in [3.05, 3.63) is 60.2 Å². The number of amides is 1. The van der Waals surface area contributed by atoms with Crippen LogP contribution in [0, 0.1) is 0 Å². The van der Waals surface area contributed by atoms with Gasteiger partial charge in [0.25, 0.3) is 0 Å². The zero-order valence-electron chi connectivity index (χ0n) is 13.8. The van der Waals surface area contributed by atoms with Crippen LogP contribution in [0.15, 0.2) is 59.5 Å². The Morgan fingerprint density at radius 2 is 1.78 bits per heavy atom. The lowest BCUT2D eigenvalue weighted by Crippen LogP contribution is -2.34. The van der Waals surface area contributed by atoms with Crippen LogP contribution >= 0.6 is 11.8 Å². The third-order valence-corrected chi connectivity index (χ3v) is 4.78. The summed E-state index contributed by atoms with van der Waals surface area (Å²) in [7, 11) is 1.65. The van der Waals surface area contributed by atoms with Crippen molar-refractivity contribution < 1.29 is 9.53 Å². The molecule has 0 heterocycles. The van der Waals surface area contributed by atoms with Gasteiger partial charge in [-0.05, 0) is 43.2 Å². The predicted octanol–water partition coefficient (Wildman–Crippen LogP) is 4.44. The molecule has 0 fully saturated rings. The van der Waals surface area contributed by atoms with Crippen LogP contribution in [0.5, 0.6) is 5.75 Å². The molecule has 1 N–H and O–H groups in total. The topological polar surface area (TPSA) is 38.3 Å². The second-order valence-electron chi connectivity index (χ2n) is 5.32. The molecule has 1 amide bonds. The summed E-state index contributed by atoms with van der Waals surface area (Å²) in [6.07, 6.45) is 0.848. The molecule has 0 unspecified atom stereocenters. The highest BCUT2D eigenvalue weighted by molar-refractivity contribution is 8.00. The Morgan fingerprint density at radius 1 is 1.13 bits per heavy atom. The number of methoxy groups -OCH3 is 1. The summed E-state index contributed by atoms with van der Waals surface area (Å²) < 4.78 is 5.18. The highest BCUT2D eigenvalue weighted by Crippen LogP contribution is 2.25. The molecule has 23 heavy (non-hydrogen) atoms. The fraction of sp³-hybridized carbons (Fsp3) is 0.316. The molecule has 0 spiro atoms. The standard InChI is InChI=1S/C19H23NO2S/c1-4-18(15-10-12-16(22-3)13-11-15)20-19(21)14(2)23-17-8-6-5-7-9-17/h5-14,18H,4H2,1-3H3,(H,20,21)/t14-,18-/m1/s1. The van der Waals surface area contributed by atoms with Crippen LogP contribution in [0.2, 0.25) is 0 Å². The van der Waals surface area contributed by atoms with Crippen molar-refractivity contribution >= 4 is 17.7 Å². The van der Waals surface area contributed by atoms with Gasteiger partial charge in [0.1, 0.15) is 5.75 Å². The Kier molecular flexibility index (Phi) is 6.53. The number of rotatable bonds is 7. The molecule has 0 saturated heterocycles. The first-order valence-electron chi connectivity index (χ1n) is 7.80. The van der Waals surface area contributed by atoms with E-state index in [1.165, 1.54) is 0 Å². The number of carbonyl (C=O) groups is 1. The average Bonchev–Trinajstić information content (AvgIpc) is 2.60. The van der Waals surface area contributed by atoms with E-state index in [0.717, 1.165) is 22.6 Å². The molecule has 2 atom stereocenters. The molecule has 0 bridgehead atoms. The minimum Gasteiger partial charge on any atom is -0.497 e. The number of carbonyl (C=O) groups excluding carboxylic acids is 1. The summed E-state index contributed by atoms with van der Waals surface area (Å²) in [6.45, 7) is 4.01. The molecule has 0 aliphatic carbocycles. The third-order valence-electron chi connectivity index (χ3n) is 3.67. The number of hydrogen-bond acceptors (Lipinski definition) is 3. The van der Waals surface area contributed by atoms with E-state index >= 15 is 0 Å². The fourth-order valence-electron chi connectivity index (χ4n) is 2.30. The van der Waals surface area contributed by atoms with Crippen LogP contribution in [0.3, 0.4) is 0 Å². The lowest BCUT2D eigenvalue weighted by Gasteiger charge is -2.20. The lowest BCUT2D eigenvalue weighted by atomic mass is 10.0. The van der Waals surface area contributed by atoms with Gasteiger partial charge >= 0.3 is 0 Å². The minimum absolute atomic E-state index is 0.0206. The van der Waals surface area contributed by atoms with Gasteiger partial charge in [0.15, 0.2) is 0 Å². The van der Waals surface area contributed by atoms with Crippen LogP contribution in [0.1, 0.15) is 31.9 Å². The number of hydrogen-bond donors (Lipinski definition) is 1. The van der Waals surface area contributed by atoms with Crippen molar-refractivity contribution in [2.75, 3.05) is 7.11 Å². The van der Waals surface area contributed by atoms with E-state index in [9.17, 15) is 4.79 Å². The van der Waals surface area contributed by atoms with Gasteiger partial charge in [-0.3, -0.25) is 4.79 Å². The van der Waals surface area contributed by atoms with E-state index in [1.807, 2.05) is 61.5 Å². The molecule has 0 saturated carbocycles. The molecular formula is C19H23NO2S. The zero-order valence-corrected chi connectivity index (χ0v) is 14.6. The monoisotopic (exact) mass is 329 g/mol. The number of ether oxygens (including phenoxy) is 1. The van der Waals surface area contributed by atoms with Crippen LogP contribution in [-0.2, 0) is 4.79 Å². The quantitative estimate of drug-likeness (QED) is 0.763. The normalized spacial score (nSPS) is 13.2. The van der Waals surface area contributed by atoms with E-state index in [2.05, 4.69) is 12.2 Å². The Hall–Kier alpha value is -1.94. The van der Waals surface area contributed by atoms with E-state index in [0.29, 0.717) is 0 Å². The average molecular weight is 329 g/mol. The van der Waals surface area contributed by atoms with E-state index in [-0.39, 0.29) is 17.2 Å². The number of benzene rings is 2. The summed E-state index contributed by atoms with van der Waals surface area (Å²) in [5, 5.41) is 3.01. The van der Waals surface area contributed by atoms with Crippen molar-refractivity contribution in [1.82, 2.24) is 5.32 Å². The van der Waals surface area contributed by atoms with Gasteiger partial charge in [-0.1, -0.05) is 37.3 Å². The first kappa shape index (κ1) is 17.4. The fourth-order valence-corrected chi connectivity index (χ4v) is 3.20. The molecule has 2 aromatic rings. The molecule has 0 aromatic heterocycles. The Labute approximate surface area is 142 Å². The molecule has 3 nitrogen and oxygen atoms in total. The first-order chi connectivity index (χ1) is 11.1. The number of thioether (sulfide) groups is 1. The van der Waals surface area contributed by atoms with Gasteiger partial charge in [0, 0.05) is 4.90 Å². The van der Waals surface area contributed by atoms with Gasteiger partial charge in [0.2, 0.25) is 5.91 Å². The van der Waals surface area contributed by atoms with Crippen molar-refractivity contribution in [3.8, 4) is 5.75 Å². The second kappa shape index (κ2) is 8.63. The minimum atomic E-state index is -0.135. The smallest absolute Gasteiger partial charge is 0.233 e. The van der Waals surface area contributed by atoms with Gasteiger partial charge in [-0.25, -0.2) is 0 Å². The maximum atomic E-state index is 12.5. The summed E-state index contributed by atoms with van der Waals surface area (Å²) in [5.41, 5.74) is 1.10. The molecule has 0 radical (unpaired) electrons. The zero-order chi connectivity index (χ0) is 16.7. The van der Waals surface area contributed by atoms with Crippen molar-refractivity contribution in [1.29, 1.82) is 0 Å². The predicted molar refractivity (Wildman–Crippen MR) is 95.9 cm³/mol. The van der Waals surface area contributed by atoms with Crippen LogP contribution in [0.4, 0.5) is 0 Å². The Balaban J connectivity index is 1.98. The third kappa shape index (κ3) is 5.03. The molecule has 2 rings (SSSR count). The van der Waals surface area contributed by atoms with Gasteiger partial charge < -0.3 is 10.1 Å². The first-order valence-corrected chi connectivity index (χ1v) is 8.68. The molecule has 0 aliphatic heterocycles. The van der Waals surface area contributed by atoms with E-state index in [4.69, 9.17) is 4.74 Å². The molecule has 2 aromatic carbocycles. The Morgan fingerprint density at radius 3 is 2.35 bits per heavy atom. The maximum Gasteiger partial charge on any atom is 0.233 e. The van der Waals surface area contributed by atoms with E-state index < -0.39 is 0 Å². The second-order valence-corrected chi connectivity index (χ2v) is 6.73. The highest BCUT2D eigenvalue weighted by Gasteiger charge is 2.18. The van der Waals surface area contributed by atoms with Crippen LogP contribution in [0.25, 0.3) is 0 Å². The highest BCUT2D eigenvalue weighted by atomic mass is 32.2. The molecule has 0 aliphatic rings.